The van der Waals surface area contributed by atoms with Crippen LogP contribution in [0.25, 0.3) is 0 Å². The van der Waals surface area contributed by atoms with Gasteiger partial charge in [0.2, 0.25) is 0 Å². The molecule has 0 amide bonds. The van der Waals surface area contributed by atoms with Gasteiger partial charge in [-0.1, -0.05) is 6.92 Å². The van der Waals surface area contributed by atoms with Crippen LogP contribution >= 0.6 is 0 Å². The molecule has 1 aromatic carbocycles. The van der Waals surface area contributed by atoms with Crippen LogP contribution < -0.4 is 0 Å². The summed E-state index contributed by atoms with van der Waals surface area (Å²) in [4.78, 5) is 0. The average Bonchev–Trinajstić information content (AvgIpc) is 3.08. The first-order valence-electron chi connectivity index (χ1n) is 11.7. The van der Waals surface area contributed by atoms with Crippen molar-refractivity contribution in [3.63, 3.8) is 0 Å². The van der Waals surface area contributed by atoms with Crippen molar-refractivity contribution < 1.29 is 40.5 Å². The Bertz CT molecular complexity index is 891. The van der Waals surface area contributed by atoms with Gasteiger partial charge in [0.25, 0.3) is 0 Å². The Morgan fingerprint density at radius 2 is 1.75 bits per heavy atom. The molecule has 3 aliphatic carbocycles. The molecule has 1 aromatic rings. The summed E-state index contributed by atoms with van der Waals surface area (Å²) in [7, 11) is 0. The summed E-state index contributed by atoms with van der Waals surface area (Å²) < 4.78 is 5.62. The summed E-state index contributed by atoms with van der Waals surface area (Å²) in [5, 5.41) is 73.1. The van der Waals surface area contributed by atoms with Crippen molar-refractivity contribution in [1.29, 1.82) is 0 Å². The summed E-state index contributed by atoms with van der Waals surface area (Å²) in [5.74, 6) is 0.691. The Morgan fingerprint density at radius 3 is 2.47 bits per heavy atom. The van der Waals surface area contributed by atoms with Gasteiger partial charge < -0.3 is 40.5 Å². The summed E-state index contributed by atoms with van der Waals surface area (Å²) in [6, 6.07) is 3.14. The number of aliphatic hydroxyl groups excluding tert-OH is 6. The molecule has 178 valence electrons. The number of aliphatic hydroxyl groups is 6. The molecule has 7 N–H and O–H groups in total. The van der Waals surface area contributed by atoms with Gasteiger partial charge in [0.15, 0.2) is 6.29 Å². The highest BCUT2D eigenvalue weighted by molar-refractivity contribution is 5.50. The number of fused-ring (bicyclic) bond motifs is 5. The SMILES string of the molecule is C[C@]12CC[C@@H]3c4c(cc(O)cc4[C@@]4(CO)OC(O)[C@H](O)[C@@H](O)[C@@H]4O)CC[C@H]3[C@@H]1CC[C@@H]2O. The Morgan fingerprint density at radius 1 is 1.00 bits per heavy atom. The highest BCUT2D eigenvalue weighted by Crippen LogP contribution is 2.62. The molecule has 8 nitrogen and oxygen atoms in total. The number of aromatic hydroxyl groups is 1. The fourth-order valence-corrected chi connectivity index (χ4v) is 7.46. The maximum atomic E-state index is 10.9. The smallest absolute Gasteiger partial charge is 0.184 e. The van der Waals surface area contributed by atoms with E-state index in [2.05, 4.69) is 6.92 Å². The van der Waals surface area contributed by atoms with Crippen LogP contribution in [0, 0.1) is 17.3 Å². The van der Waals surface area contributed by atoms with Crippen LogP contribution in [0.4, 0.5) is 0 Å². The van der Waals surface area contributed by atoms with Gasteiger partial charge in [-0.15, -0.1) is 0 Å². The van der Waals surface area contributed by atoms with Crippen LogP contribution in [0.3, 0.4) is 0 Å². The Labute approximate surface area is 187 Å². The monoisotopic (exact) mass is 450 g/mol. The first kappa shape index (κ1) is 22.5. The molecule has 4 aliphatic rings. The predicted molar refractivity (Wildman–Crippen MR) is 113 cm³/mol. The zero-order valence-electron chi connectivity index (χ0n) is 18.3. The molecule has 1 heterocycles. The summed E-state index contributed by atoms with van der Waals surface area (Å²) in [5.41, 5.74) is 0.123. The fraction of sp³-hybridized carbons (Fsp3) is 0.750. The molecule has 0 bridgehead atoms. The quantitative estimate of drug-likeness (QED) is 0.338. The van der Waals surface area contributed by atoms with E-state index in [9.17, 15) is 35.7 Å². The van der Waals surface area contributed by atoms with Crippen molar-refractivity contribution in [1.82, 2.24) is 0 Å². The third-order valence-electron chi connectivity index (χ3n) is 9.22. The molecular formula is C24H34O8. The molecule has 2 saturated carbocycles. The average molecular weight is 451 g/mol. The number of hydrogen-bond donors (Lipinski definition) is 7. The van der Waals surface area contributed by atoms with E-state index in [1.807, 2.05) is 0 Å². The first-order chi connectivity index (χ1) is 15.1. The maximum absolute atomic E-state index is 10.9. The molecule has 5 rings (SSSR count). The molecule has 3 fully saturated rings. The van der Waals surface area contributed by atoms with E-state index >= 15 is 0 Å². The topological polar surface area (TPSA) is 151 Å². The number of benzene rings is 1. The van der Waals surface area contributed by atoms with Gasteiger partial charge in [-0.3, -0.25) is 0 Å². The Hall–Kier alpha value is -1.26. The van der Waals surface area contributed by atoms with Crippen LogP contribution in [-0.2, 0) is 16.8 Å². The van der Waals surface area contributed by atoms with Crippen LogP contribution in [0.2, 0.25) is 0 Å². The third-order valence-corrected chi connectivity index (χ3v) is 9.22. The van der Waals surface area contributed by atoms with Gasteiger partial charge in [0, 0.05) is 0 Å². The Balaban J connectivity index is 1.64. The van der Waals surface area contributed by atoms with Crippen molar-refractivity contribution in [3.8, 4) is 5.75 Å². The lowest BCUT2D eigenvalue weighted by Gasteiger charge is -2.52. The minimum absolute atomic E-state index is 0.0483. The van der Waals surface area contributed by atoms with Crippen LogP contribution in [0.1, 0.15) is 61.6 Å². The van der Waals surface area contributed by atoms with Crippen molar-refractivity contribution in [2.24, 2.45) is 17.3 Å². The lowest BCUT2D eigenvalue weighted by molar-refractivity contribution is -0.332. The number of phenolic OH excluding ortho intramolecular Hbond substituents is 1. The van der Waals surface area contributed by atoms with E-state index < -0.39 is 36.8 Å². The third kappa shape index (κ3) is 2.94. The summed E-state index contributed by atoms with van der Waals surface area (Å²) in [6.45, 7) is 1.43. The number of aryl methyl sites for hydroxylation is 1. The van der Waals surface area contributed by atoms with E-state index in [0.717, 1.165) is 43.2 Å². The minimum Gasteiger partial charge on any atom is -0.508 e. The van der Waals surface area contributed by atoms with Crippen LogP contribution in [0.15, 0.2) is 12.1 Å². The second-order valence-electron chi connectivity index (χ2n) is 10.6. The van der Waals surface area contributed by atoms with Crippen LogP contribution in [0.5, 0.6) is 5.75 Å². The van der Waals surface area contributed by atoms with E-state index in [-0.39, 0.29) is 23.2 Å². The molecular weight excluding hydrogens is 416 g/mol. The van der Waals surface area contributed by atoms with Crippen LogP contribution in [-0.4, -0.2) is 73.1 Å². The molecule has 1 unspecified atom stereocenters. The number of ether oxygens (including phenoxy) is 1. The maximum Gasteiger partial charge on any atom is 0.184 e. The normalized spacial score (nSPS) is 48.1. The van der Waals surface area contributed by atoms with Crippen molar-refractivity contribution >= 4 is 0 Å². The Kier molecular flexibility index (Phi) is 5.37. The van der Waals surface area contributed by atoms with E-state index in [4.69, 9.17) is 4.74 Å². The first-order valence-corrected chi connectivity index (χ1v) is 11.7. The molecule has 8 heteroatoms. The molecule has 10 atom stereocenters. The molecule has 32 heavy (non-hydrogen) atoms. The second kappa shape index (κ2) is 7.63. The van der Waals surface area contributed by atoms with Gasteiger partial charge in [-0.05, 0) is 90.5 Å². The van der Waals surface area contributed by atoms with Gasteiger partial charge in [0.1, 0.15) is 29.7 Å². The standard InChI is InChI=1S/C24H34O8/c1-23-7-6-14-13(15(23)4-5-17(23)27)3-2-11-8-12(26)9-16(18(11)14)24(10-25)21(30)19(28)20(29)22(31)32-24/h8-9,13-15,17,19-22,25-31H,2-7,10H2,1H3/t13-,14+,15+,17+,19-,20-,21+,22?,23+,24-/m1/s1. The van der Waals surface area contributed by atoms with Gasteiger partial charge >= 0.3 is 0 Å². The van der Waals surface area contributed by atoms with Gasteiger partial charge in [-0.2, -0.15) is 0 Å². The minimum atomic E-state index is -1.89. The van der Waals surface area contributed by atoms with Crippen molar-refractivity contribution in [2.75, 3.05) is 6.61 Å². The van der Waals surface area contributed by atoms with Gasteiger partial charge in [-0.25, -0.2) is 0 Å². The number of rotatable bonds is 2. The van der Waals surface area contributed by atoms with Crippen molar-refractivity contribution in [2.45, 2.75) is 87.7 Å². The molecule has 1 aliphatic heterocycles. The summed E-state index contributed by atoms with van der Waals surface area (Å²) in [6.07, 6.45) is -2.26. The molecule has 0 radical (unpaired) electrons. The fourth-order valence-electron chi connectivity index (χ4n) is 7.46. The molecule has 0 aromatic heterocycles. The lowest BCUT2D eigenvalue weighted by atomic mass is 9.54. The van der Waals surface area contributed by atoms with E-state index in [0.29, 0.717) is 23.8 Å². The molecule has 1 saturated heterocycles. The van der Waals surface area contributed by atoms with E-state index in [1.54, 1.807) is 6.07 Å². The zero-order valence-corrected chi connectivity index (χ0v) is 18.3. The van der Waals surface area contributed by atoms with Gasteiger partial charge in [0.05, 0.1) is 12.7 Å². The predicted octanol–water partition coefficient (Wildman–Crippen LogP) is 0.228. The molecule has 0 spiro atoms. The van der Waals surface area contributed by atoms with Crippen molar-refractivity contribution in [3.05, 3.63) is 28.8 Å². The zero-order chi connectivity index (χ0) is 23.0. The van der Waals surface area contributed by atoms with E-state index in [1.165, 1.54) is 6.07 Å². The number of phenols is 1. The lowest BCUT2D eigenvalue weighted by Crippen LogP contribution is -2.64. The highest BCUT2D eigenvalue weighted by atomic mass is 16.6. The largest absolute Gasteiger partial charge is 0.508 e. The summed E-state index contributed by atoms with van der Waals surface area (Å²) >= 11 is 0. The number of hydrogen-bond acceptors (Lipinski definition) is 8. The second-order valence-corrected chi connectivity index (χ2v) is 10.6. The highest BCUT2D eigenvalue weighted by Gasteiger charge is 2.58.